The van der Waals surface area contributed by atoms with E-state index in [0.29, 0.717) is 17.1 Å². The van der Waals surface area contributed by atoms with Crippen LogP contribution in [0.15, 0.2) is 61.2 Å². The van der Waals surface area contributed by atoms with Crippen molar-refractivity contribution in [3.8, 4) is 5.75 Å². The first-order valence-corrected chi connectivity index (χ1v) is 13.4. The van der Waals surface area contributed by atoms with E-state index in [1.807, 2.05) is 6.08 Å². The van der Waals surface area contributed by atoms with Gasteiger partial charge in [0.15, 0.2) is 0 Å². The van der Waals surface area contributed by atoms with Crippen LogP contribution in [0.4, 0.5) is 11.4 Å². The van der Waals surface area contributed by atoms with Gasteiger partial charge in [-0.15, -0.1) is 6.58 Å². The predicted octanol–water partition coefficient (Wildman–Crippen LogP) is 6.85. The van der Waals surface area contributed by atoms with Crippen LogP contribution in [-0.4, -0.2) is 11.9 Å². The summed E-state index contributed by atoms with van der Waals surface area (Å²) in [7, 11) is 0. The fraction of sp³-hybridized carbons (Fsp3) is 0.419. The molecular weight excluding hydrogens is 464 g/mol. The molecule has 0 aromatic heterocycles. The van der Waals surface area contributed by atoms with Crippen LogP contribution in [0.25, 0.3) is 6.08 Å². The first kappa shape index (κ1) is 28.0. The molecule has 198 valence electrons. The van der Waals surface area contributed by atoms with Crippen LogP contribution in [0, 0.1) is 11.8 Å². The van der Waals surface area contributed by atoms with Gasteiger partial charge in [0.05, 0.1) is 5.92 Å². The molecule has 1 saturated carbocycles. The first-order valence-electron chi connectivity index (χ1n) is 13.4. The van der Waals surface area contributed by atoms with Crippen molar-refractivity contribution in [2.24, 2.45) is 11.8 Å². The van der Waals surface area contributed by atoms with E-state index >= 15 is 0 Å². The van der Waals surface area contributed by atoms with E-state index in [0.717, 1.165) is 49.1 Å². The highest BCUT2D eigenvalue weighted by Crippen LogP contribution is 2.33. The van der Waals surface area contributed by atoms with Gasteiger partial charge >= 0.3 is 11.9 Å². The van der Waals surface area contributed by atoms with Gasteiger partial charge in [0.2, 0.25) is 0 Å². The molecular formula is C31H40N2O4. The van der Waals surface area contributed by atoms with Gasteiger partial charge in [-0.2, -0.15) is 0 Å². The molecule has 0 bridgehead atoms. The summed E-state index contributed by atoms with van der Waals surface area (Å²) in [4.78, 5) is 24.7. The molecule has 0 atom stereocenters. The van der Waals surface area contributed by atoms with Crippen LogP contribution in [0.3, 0.4) is 0 Å². The van der Waals surface area contributed by atoms with Crippen molar-refractivity contribution < 1.29 is 19.1 Å². The first-order chi connectivity index (χ1) is 17.9. The highest BCUT2D eigenvalue weighted by Gasteiger charge is 2.27. The fourth-order valence-corrected chi connectivity index (χ4v) is 4.80. The average molecular weight is 505 g/mol. The number of carbonyl (C=O) groups is 2. The van der Waals surface area contributed by atoms with Crippen molar-refractivity contribution in [1.82, 2.24) is 0 Å². The molecule has 0 heterocycles. The Labute approximate surface area is 220 Å². The molecule has 0 aliphatic heterocycles. The Kier molecular flexibility index (Phi) is 11.3. The Morgan fingerprint density at radius 2 is 1.59 bits per heavy atom. The van der Waals surface area contributed by atoms with Gasteiger partial charge in [0.1, 0.15) is 12.4 Å². The van der Waals surface area contributed by atoms with E-state index in [1.165, 1.54) is 38.2 Å². The van der Waals surface area contributed by atoms with Gasteiger partial charge in [-0.25, -0.2) is 4.79 Å². The topological polar surface area (TPSA) is 105 Å². The van der Waals surface area contributed by atoms with E-state index in [2.05, 4.69) is 6.58 Å². The van der Waals surface area contributed by atoms with E-state index in [-0.39, 0.29) is 18.5 Å². The summed E-state index contributed by atoms with van der Waals surface area (Å²) in [6.07, 6.45) is 16.5. The Hall–Kier alpha value is -3.54. The third-order valence-electron chi connectivity index (χ3n) is 6.88. The second-order valence-corrected chi connectivity index (χ2v) is 9.94. The highest BCUT2D eigenvalue weighted by molar-refractivity contribution is 5.87. The summed E-state index contributed by atoms with van der Waals surface area (Å²) in [5.74, 6) is 0.626. The van der Waals surface area contributed by atoms with Gasteiger partial charge in [0.25, 0.3) is 0 Å². The largest absolute Gasteiger partial charge is 0.458 e. The average Bonchev–Trinajstić information content (AvgIpc) is 2.89. The maximum Gasteiger partial charge on any atom is 0.331 e. The minimum atomic E-state index is -0.472. The third kappa shape index (κ3) is 10.2. The van der Waals surface area contributed by atoms with Crippen LogP contribution in [0.1, 0.15) is 75.3 Å². The van der Waals surface area contributed by atoms with Crippen molar-refractivity contribution in [1.29, 1.82) is 0 Å². The molecule has 6 nitrogen and oxygen atoms in total. The number of nitrogens with two attached hydrogens (primary N) is 2. The molecule has 1 fully saturated rings. The Morgan fingerprint density at radius 3 is 2.27 bits per heavy atom. The van der Waals surface area contributed by atoms with E-state index in [1.54, 1.807) is 48.5 Å². The molecule has 37 heavy (non-hydrogen) atoms. The van der Waals surface area contributed by atoms with E-state index in [4.69, 9.17) is 20.9 Å². The van der Waals surface area contributed by atoms with Crippen LogP contribution in [-0.2, 0) is 20.9 Å². The molecule has 4 N–H and O–H groups in total. The molecule has 2 aromatic rings. The van der Waals surface area contributed by atoms with Crippen molar-refractivity contribution >= 4 is 29.4 Å². The molecule has 0 spiro atoms. The quantitative estimate of drug-likeness (QED) is 0.0772. The second-order valence-electron chi connectivity index (χ2n) is 9.94. The molecule has 0 unspecified atom stereocenters. The predicted molar refractivity (Wildman–Crippen MR) is 150 cm³/mol. The molecule has 3 rings (SSSR count). The lowest BCUT2D eigenvalue weighted by Gasteiger charge is -2.27. The number of unbranched alkanes of at least 4 members (excludes halogenated alkanes) is 4. The number of rotatable bonds is 13. The van der Waals surface area contributed by atoms with Crippen LogP contribution < -0.4 is 16.2 Å². The molecule has 0 saturated heterocycles. The third-order valence-corrected chi connectivity index (χ3v) is 6.88. The zero-order valence-corrected chi connectivity index (χ0v) is 21.7. The minimum Gasteiger partial charge on any atom is -0.458 e. The maximum absolute atomic E-state index is 12.6. The minimum absolute atomic E-state index is 0.0199. The summed E-state index contributed by atoms with van der Waals surface area (Å²) in [6.45, 7) is 3.86. The monoisotopic (exact) mass is 504 g/mol. The van der Waals surface area contributed by atoms with Crippen LogP contribution in [0.2, 0.25) is 0 Å². The lowest BCUT2D eigenvalue weighted by Crippen LogP contribution is -2.25. The zero-order chi connectivity index (χ0) is 26.5. The highest BCUT2D eigenvalue weighted by atomic mass is 16.5. The van der Waals surface area contributed by atoms with Gasteiger partial charge in [-0.3, -0.25) is 4.79 Å². The normalized spacial score (nSPS) is 17.4. The Morgan fingerprint density at radius 1 is 0.919 bits per heavy atom. The molecule has 2 aromatic carbocycles. The number of hydrogen-bond acceptors (Lipinski definition) is 6. The fourth-order valence-electron chi connectivity index (χ4n) is 4.80. The summed E-state index contributed by atoms with van der Waals surface area (Å²) in [5.41, 5.74) is 14.1. The summed E-state index contributed by atoms with van der Waals surface area (Å²) >= 11 is 0. The van der Waals surface area contributed by atoms with E-state index in [9.17, 15) is 9.59 Å². The standard InChI is InChI=1S/C31H40N2O4/c1-2-3-4-5-6-7-8-23-9-14-26(15-10-23)31(35)37-29-16-11-24(12-17-29)13-18-30(34)36-22-25-19-27(32)21-28(33)20-25/h2,11-13,16-21,23,26H,1,3-10,14-15,22,32-33H2/b18-13+. The van der Waals surface area contributed by atoms with Gasteiger partial charge in [-0.05, 0) is 92.0 Å². The summed E-state index contributed by atoms with van der Waals surface area (Å²) in [5, 5.41) is 0. The molecule has 6 heteroatoms. The smallest absolute Gasteiger partial charge is 0.331 e. The van der Waals surface area contributed by atoms with Gasteiger partial charge in [-0.1, -0.05) is 43.9 Å². The van der Waals surface area contributed by atoms with Crippen molar-refractivity contribution in [2.75, 3.05) is 11.5 Å². The zero-order valence-electron chi connectivity index (χ0n) is 21.7. The Balaban J connectivity index is 1.36. The molecule has 1 aliphatic carbocycles. The lowest BCUT2D eigenvalue weighted by atomic mass is 9.80. The second kappa shape index (κ2) is 14.9. The van der Waals surface area contributed by atoms with Crippen molar-refractivity contribution in [2.45, 2.75) is 70.8 Å². The van der Waals surface area contributed by atoms with Crippen LogP contribution >= 0.6 is 0 Å². The maximum atomic E-state index is 12.6. The Bertz CT molecular complexity index is 1030. The number of ether oxygens (including phenoxy) is 2. The van der Waals surface area contributed by atoms with Crippen LogP contribution in [0.5, 0.6) is 5.75 Å². The SMILES string of the molecule is C=CCCCCCCC1CCC(C(=O)Oc2ccc(/C=C/C(=O)OCc3cc(N)cc(N)c3)cc2)CC1. The van der Waals surface area contributed by atoms with Crippen molar-refractivity contribution in [3.63, 3.8) is 0 Å². The lowest BCUT2D eigenvalue weighted by molar-refractivity contribution is -0.140. The van der Waals surface area contributed by atoms with Crippen molar-refractivity contribution in [3.05, 3.63) is 72.3 Å². The molecule has 0 amide bonds. The number of anilines is 2. The number of hydrogen-bond donors (Lipinski definition) is 2. The number of allylic oxidation sites excluding steroid dienone is 1. The number of carbonyl (C=O) groups excluding carboxylic acids is 2. The van der Waals surface area contributed by atoms with E-state index < -0.39 is 5.97 Å². The number of esters is 2. The van der Waals surface area contributed by atoms with Gasteiger partial charge < -0.3 is 20.9 Å². The number of benzene rings is 2. The molecule has 0 radical (unpaired) electrons. The van der Waals surface area contributed by atoms with Gasteiger partial charge in [0, 0.05) is 17.5 Å². The molecule has 1 aliphatic rings. The number of nitrogen functional groups attached to an aromatic ring is 2. The summed E-state index contributed by atoms with van der Waals surface area (Å²) < 4.78 is 10.9. The summed E-state index contributed by atoms with van der Waals surface area (Å²) in [6, 6.07) is 12.2.